The number of amides is 2. The molecule has 1 aromatic heterocycles. The first-order valence-corrected chi connectivity index (χ1v) is 9.80. The second-order valence-corrected chi connectivity index (χ2v) is 7.37. The van der Waals surface area contributed by atoms with Gasteiger partial charge in [0.2, 0.25) is 0 Å². The van der Waals surface area contributed by atoms with Crippen molar-refractivity contribution in [1.82, 2.24) is 15.2 Å². The van der Waals surface area contributed by atoms with Crippen LogP contribution in [0, 0.1) is 5.92 Å². The smallest absolute Gasteiger partial charge is 0.263 e. The quantitative estimate of drug-likeness (QED) is 0.807. The fraction of sp³-hybridized carbons (Fsp3) is 0.381. The number of benzene rings is 1. The maximum Gasteiger partial charge on any atom is 0.263 e. The minimum absolute atomic E-state index is 0.0206. The number of ether oxygens (including phenoxy) is 1. The summed E-state index contributed by atoms with van der Waals surface area (Å²) in [5.41, 5.74) is 0.559. The van der Waals surface area contributed by atoms with E-state index in [1.165, 1.54) is 0 Å². The van der Waals surface area contributed by atoms with E-state index in [4.69, 9.17) is 16.3 Å². The van der Waals surface area contributed by atoms with E-state index in [1.807, 2.05) is 4.90 Å². The van der Waals surface area contributed by atoms with Gasteiger partial charge in [0.25, 0.3) is 11.8 Å². The van der Waals surface area contributed by atoms with Crippen molar-refractivity contribution in [2.75, 3.05) is 19.6 Å². The highest BCUT2D eigenvalue weighted by atomic mass is 35.5. The number of carbonyl (C=O) groups excluding carboxylic acids is 2. The van der Waals surface area contributed by atoms with Gasteiger partial charge in [-0.1, -0.05) is 11.6 Å². The molecule has 1 aromatic carbocycles. The van der Waals surface area contributed by atoms with Crippen molar-refractivity contribution in [3.8, 4) is 5.75 Å². The normalized spacial score (nSPS) is 15.7. The lowest BCUT2D eigenvalue weighted by Crippen LogP contribution is -2.46. The summed E-state index contributed by atoms with van der Waals surface area (Å²) in [6.45, 7) is 3.70. The maximum absolute atomic E-state index is 12.6. The van der Waals surface area contributed by atoms with Gasteiger partial charge in [0.1, 0.15) is 5.75 Å². The van der Waals surface area contributed by atoms with Gasteiger partial charge >= 0.3 is 0 Å². The lowest BCUT2D eigenvalue weighted by atomic mass is 9.96. The Morgan fingerprint density at radius 2 is 1.96 bits per heavy atom. The highest BCUT2D eigenvalue weighted by Gasteiger charge is 2.27. The van der Waals surface area contributed by atoms with Crippen LogP contribution < -0.4 is 10.1 Å². The standard InChI is InChI=1S/C21H24ClN3O3/c1-15(28-19-6-4-18(22)5-7-19)21(27)25-11-8-16(9-12-25)13-24-20(26)17-3-2-10-23-14-17/h2-7,10,14-16H,8-9,11-13H2,1H3,(H,24,26). The molecule has 2 heterocycles. The van der Waals surface area contributed by atoms with E-state index in [0.29, 0.717) is 41.9 Å². The van der Waals surface area contributed by atoms with Crippen LogP contribution in [-0.4, -0.2) is 47.4 Å². The molecule has 2 aromatic rings. The summed E-state index contributed by atoms with van der Waals surface area (Å²) in [4.78, 5) is 30.5. The van der Waals surface area contributed by atoms with Gasteiger partial charge in [-0.3, -0.25) is 14.6 Å². The van der Waals surface area contributed by atoms with E-state index in [-0.39, 0.29) is 11.8 Å². The molecular formula is C21H24ClN3O3. The molecule has 7 heteroatoms. The molecular weight excluding hydrogens is 378 g/mol. The number of pyridine rings is 1. The molecule has 6 nitrogen and oxygen atoms in total. The van der Waals surface area contributed by atoms with Crippen LogP contribution in [0.15, 0.2) is 48.8 Å². The molecule has 0 aliphatic carbocycles. The third-order valence-electron chi connectivity index (χ3n) is 4.88. The van der Waals surface area contributed by atoms with E-state index in [2.05, 4.69) is 10.3 Å². The van der Waals surface area contributed by atoms with Crippen LogP contribution in [0.5, 0.6) is 5.75 Å². The Morgan fingerprint density at radius 1 is 1.25 bits per heavy atom. The summed E-state index contributed by atoms with van der Waals surface area (Å²) in [7, 11) is 0. The molecule has 28 heavy (non-hydrogen) atoms. The van der Waals surface area contributed by atoms with Crippen molar-refractivity contribution in [3.05, 3.63) is 59.4 Å². The lowest BCUT2D eigenvalue weighted by molar-refractivity contribution is -0.139. The van der Waals surface area contributed by atoms with Gasteiger partial charge in [-0.25, -0.2) is 0 Å². The van der Waals surface area contributed by atoms with Crippen molar-refractivity contribution in [3.63, 3.8) is 0 Å². The second kappa shape index (κ2) is 9.55. The largest absolute Gasteiger partial charge is 0.481 e. The highest BCUT2D eigenvalue weighted by Crippen LogP contribution is 2.20. The first kappa shape index (κ1) is 20.1. The number of rotatable bonds is 6. The van der Waals surface area contributed by atoms with Gasteiger partial charge < -0.3 is 15.0 Å². The summed E-state index contributed by atoms with van der Waals surface area (Å²) < 4.78 is 5.73. The zero-order chi connectivity index (χ0) is 19.9. The average Bonchev–Trinajstić information content (AvgIpc) is 2.74. The first-order valence-electron chi connectivity index (χ1n) is 9.42. The van der Waals surface area contributed by atoms with E-state index in [1.54, 1.807) is 55.7 Å². The molecule has 1 N–H and O–H groups in total. The number of hydrogen-bond donors (Lipinski definition) is 1. The minimum atomic E-state index is -0.553. The predicted molar refractivity (Wildman–Crippen MR) is 107 cm³/mol. The van der Waals surface area contributed by atoms with Crippen molar-refractivity contribution in [1.29, 1.82) is 0 Å². The van der Waals surface area contributed by atoms with Gasteiger partial charge in [-0.05, 0) is 62.1 Å². The van der Waals surface area contributed by atoms with Crippen LogP contribution in [0.3, 0.4) is 0 Å². The van der Waals surface area contributed by atoms with Crippen LogP contribution in [-0.2, 0) is 4.79 Å². The average molecular weight is 402 g/mol. The Balaban J connectivity index is 1.42. The number of carbonyl (C=O) groups is 2. The van der Waals surface area contributed by atoms with Gasteiger partial charge in [0.05, 0.1) is 5.56 Å². The van der Waals surface area contributed by atoms with Gasteiger partial charge in [0.15, 0.2) is 6.10 Å². The molecule has 1 aliphatic heterocycles. The first-order chi connectivity index (χ1) is 13.5. The summed E-state index contributed by atoms with van der Waals surface area (Å²) in [5, 5.41) is 3.58. The fourth-order valence-corrected chi connectivity index (χ4v) is 3.34. The Hall–Kier alpha value is -2.60. The summed E-state index contributed by atoms with van der Waals surface area (Å²) in [6.07, 6.45) is 4.35. The van der Waals surface area contributed by atoms with E-state index < -0.39 is 6.10 Å². The summed E-state index contributed by atoms with van der Waals surface area (Å²) in [5.74, 6) is 0.847. The van der Waals surface area contributed by atoms with Gasteiger partial charge in [-0.15, -0.1) is 0 Å². The van der Waals surface area contributed by atoms with Crippen molar-refractivity contribution in [2.24, 2.45) is 5.92 Å². The highest BCUT2D eigenvalue weighted by molar-refractivity contribution is 6.30. The van der Waals surface area contributed by atoms with Crippen molar-refractivity contribution >= 4 is 23.4 Å². The molecule has 148 valence electrons. The topological polar surface area (TPSA) is 71.5 Å². The van der Waals surface area contributed by atoms with Crippen LogP contribution in [0.25, 0.3) is 0 Å². The molecule has 0 bridgehead atoms. The number of nitrogens with one attached hydrogen (secondary N) is 1. The molecule has 0 spiro atoms. The van der Waals surface area contributed by atoms with Crippen LogP contribution in [0.2, 0.25) is 5.02 Å². The number of piperidine rings is 1. The fourth-order valence-electron chi connectivity index (χ4n) is 3.22. The van der Waals surface area contributed by atoms with E-state index in [9.17, 15) is 9.59 Å². The maximum atomic E-state index is 12.6. The summed E-state index contributed by atoms with van der Waals surface area (Å²) in [6, 6.07) is 10.5. The number of hydrogen-bond acceptors (Lipinski definition) is 4. The zero-order valence-electron chi connectivity index (χ0n) is 15.8. The molecule has 3 rings (SSSR count). The number of nitrogens with zero attached hydrogens (tertiary/aromatic N) is 2. The molecule has 1 saturated heterocycles. The zero-order valence-corrected chi connectivity index (χ0v) is 16.6. The third-order valence-corrected chi connectivity index (χ3v) is 5.13. The Bertz CT molecular complexity index is 790. The molecule has 0 saturated carbocycles. The van der Waals surface area contributed by atoms with Crippen LogP contribution in [0.1, 0.15) is 30.1 Å². The second-order valence-electron chi connectivity index (χ2n) is 6.93. The third kappa shape index (κ3) is 5.45. The monoisotopic (exact) mass is 401 g/mol. The van der Waals surface area contributed by atoms with Gasteiger partial charge in [-0.2, -0.15) is 0 Å². The number of likely N-dealkylation sites (tertiary alicyclic amines) is 1. The minimum Gasteiger partial charge on any atom is -0.481 e. The molecule has 1 aliphatic rings. The van der Waals surface area contributed by atoms with Crippen LogP contribution in [0.4, 0.5) is 0 Å². The Kier molecular flexibility index (Phi) is 6.87. The van der Waals surface area contributed by atoms with Crippen LogP contribution >= 0.6 is 11.6 Å². The summed E-state index contributed by atoms with van der Waals surface area (Å²) >= 11 is 5.87. The molecule has 1 atom stereocenters. The molecule has 2 amide bonds. The van der Waals surface area contributed by atoms with Crippen molar-refractivity contribution < 1.29 is 14.3 Å². The number of aromatic nitrogens is 1. The predicted octanol–water partition coefficient (Wildman–Crippen LogP) is 3.17. The molecule has 1 unspecified atom stereocenters. The molecule has 1 fully saturated rings. The van der Waals surface area contributed by atoms with Gasteiger partial charge in [0, 0.05) is 37.1 Å². The lowest BCUT2D eigenvalue weighted by Gasteiger charge is -2.33. The molecule has 0 radical (unpaired) electrons. The van der Waals surface area contributed by atoms with E-state index >= 15 is 0 Å². The Labute approximate surface area is 169 Å². The Morgan fingerprint density at radius 3 is 2.61 bits per heavy atom. The van der Waals surface area contributed by atoms with Crippen molar-refractivity contribution in [2.45, 2.75) is 25.9 Å². The SMILES string of the molecule is CC(Oc1ccc(Cl)cc1)C(=O)N1CCC(CNC(=O)c2cccnc2)CC1. The van der Waals surface area contributed by atoms with E-state index in [0.717, 1.165) is 12.8 Å². The number of halogens is 1.